The van der Waals surface area contributed by atoms with E-state index in [0.717, 1.165) is 18.7 Å². The molecule has 9 nitrogen and oxygen atoms in total. The second-order valence-electron chi connectivity index (χ2n) is 9.72. The summed E-state index contributed by atoms with van der Waals surface area (Å²) >= 11 is 0. The van der Waals surface area contributed by atoms with Gasteiger partial charge in [-0.3, -0.25) is 14.5 Å². The summed E-state index contributed by atoms with van der Waals surface area (Å²) in [4.78, 5) is 31.8. The number of ether oxygens (including phenoxy) is 2. The Bertz CT molecular complexity index is 828. The third-order valence-corrected chi connectivity index (χ3v) is 6.50. The monoisotopic (exact) mass is 476 g/mol. The lowest BCUT2D eigenvalue weighted by Crippen LogP contribution is -2.47. The normalized spacial score (nSPS) is 22.9. The van der Waals surface area contributed by atoms with Crippen LogP contribution in [0.5, 0.6) is 5.75 Å². The first-order valence-corrected chi connectivity index (χ1v) is 12.2. The van der Waals surface area contributed by atoms with Crippen LogP contribution in [-0.2, 0) is 20.7 Å². The van der Waals surface area contributed by atoms with E-state index in [1.807, 2.05) is 39.2 Å². The molecule has 0 bridgehead atoms. The molecule has 1 fully saturated rings. The summed E-state index contributed by atoms with van der Waals surface area (Å²) in [5.74, 6) is 0.624. The van der Waals surface area contributed by atoms with Crippen LogP contribution in [0.15, 0.2) is 18.2 Å². The number of amides is 2. The molecule has 0 unspecified atom stereocenters. The van der Waals surface area contributed by atoms with E-state index in [0.29, 0.717) is 50.7 Å². The molecule has 0 spiro atoms. The van der Waals surface area contributed by atoms with Crippen LogP contribution in [0.25, 0.3) is 0 Å². The lowest BCUT2D eigenvalue weighted by molar-refractivity contribution is -0.134. The fourth-order valence-corrected chi connectivity index (χ4v) is 4.39. The fraction of sp³-hybridized carbons (Fsp3) is 0.680. The largest absolute Gasteiger partial charge is 0.488 e. The van der Waals surface area contributed by atoms with Gasteiger partial charge in [-0.25, -0.2) is 0 Å². The van der Waals surface area contributed by atoms with Crippen LogP contribution in [0.4, 0.5) is 5.69 Å². The standard InChI is InChI=1S/C25H40N4O5/c1-18-15-29(19(2)17-30)25(32)14-20-13-21(5-6-22(20)34-23(18)16-27(3)4)26-24(31)7-8-28-9-11-33-12-10-28/h5-6,13,18-19,23,30H,7-12,14-17H2,1-4H3,(H,26,31)/t18-,19-,23+/m1/s1. The van der Waals surface area contributed by atoms with Crippen LogP contribution in [0.3, 0.4) is 0 Å². The first kappa shape index (κ1) is 26.4. The molecule has 1 saturated heterocycles. The number of fused-ring (bicyclic) bond motifs is 1. The van der Waals surface area contributed by atoms with Crippen molar-refractivity contribution < 1.29 is 24.2 Å². The molecule has 2 aliphatic heterocycles. The van der Waals surface area contributed by atoms with Crippen molar-refractivity contribution in [3.05, 3.63) is 23.8 Å². The molecule has 2 N–H and O–H groups in total. The second kappa shape index (κ2) is 12.5. The summed E-state index contributed by atoms with van der Waals surface area (Å²) < 4.78 is 11.8. The number of morpholine rings is 1. The van der Waals surface area contributed by atoms with Gasteiger partial charge in [-0.15, -0.1) is 0 Å². The molecule has 2 aliphatic rings. The highest BCUT2D eigenvalue weighted by Gasteiger charge is 2.30. The van der Waals surface area contributed by atoms with E-state index in [9.17, 15) is 14.7 Å². The molecule has 0 aromatic heterocycles. The van der Waals surface area contributed by atoms with Gasteiger partial charge < -0.3 is 29.7 Å². The molecule has 0 aliphatic carbocycles. The van der Waals surface area contributed by atoms with Crippen LogP contribution in [-0.4, -0.2) is 110 Å². The van der Waals surface area contributed by atoms with E-state index < -0.39 is 0 Å². The van der Waals surface area contributed by atoms with E-state index >= 15 is 0 Å². The zero-order valence-electron chi connectivity index (χ0n) is 21.0. The third kappa shape index (κ3) is 7.40. The van der Waals surface area contributed by atoms with Crippen molar-refractivity contribution >= 4 is 17.5 Å². The van der Waals surface area contributed by atoms with Gasteiger partial charge in [0.1, 0.15) is 11.9 Å². The number of hydrogen-bond acceptors (Lipinski definition) is 7. The maximum atomic E-state index is 13.2. The molecule has 34 heavy (non-hydrogen) atoms. The Kier molecular flexibility index (Phi) is 9.70. The smallest absolute Gasteiger partial charge is 0.227 e. The predicted octanol–water partition coefficient (Wildman–Crippen LogP) is 1.06. The summed E-state index contributed by atoms with van der Waals surface area (Å²) in [7, 11) is 4.00. The summed E-state index contributed by atoms with van der Waals surface area (Å²) in [5.41, 5.74) is 1.39. The number of nitrogens with one attached hydrogen (secondary N) is 1. The van der Waals surface area contributed by atoms with Crippen molar-refractivity contribution in [2.75, 3.05) is 72.0 Å². The number of rotatable bonds is 8. The van der Waals surface area contributed by atoms with E-state index in [1.54, 1.807) is 4.90 Å². The summed E-state index contributed by atoms with van der Waals surface area (Å²) in [6.07, 6.45) is 0.428. The van der Waals surface area contributed by atoms with Crippen LogP contribution in [0.1, 0.15) is 25.8 Å². The molecule has 1 aromatic carbocycles. The summed E-state index contributed by atoms with van der Waals surface area (Å²) in [6, 6.07) is 5.24. The number of carbonyl (C=O) groups excluding carboxylic acids is 2. The molecular weight excluding hydrogens is 436 g/mol. The quantitative estimate of drug-likeness (QED) is 0.579. The summed E-state index contributed by atoms with van der Waals surface area (Å²) in [6.45, 7) is 8.86. The van der Waals surface area contributed by atoms with E-state index in [2.05, 4.69) is 22.0 Å². The predicted molar refractivity (Wildman–Crippen MR) is 131 cm³/mol. The number of aliphatic hydroxyl groups excluding tert-OH is 1. The van der Waals surface area contributed by atoms with Gasteiger partial charge in [0.2, 0.25) is 11.8 Å². The number of likely N-dealkylation sites (N-methyl/N-ethyl adjacent to an activating group) is 1. The van der Waals surface area contributed by atoms with Crippen LogP contribution in [0.2, 0.25) is 0 Å². The SMILES string of the molecule is C[C@@H]1CN([C@H](C)CO)C(=O)Cc2cc(NC(=O)CCN3CCOCC3)ccc2O[C@H]1CN(C)C. The molecule has 1 aromatic rings. The number of hydrogen-bond donors (Lipinski definition) is 2. The van der Waals surface area contributed by atoms with Gasteiger partial charge >= 0.3 is 0 Å². The number of aliphatic hydroxyl groups is 1. The minimum absolute atomic E-state index is 0.0560. The van der Waals surface area contributed by atoms with Crippen molar-refractivity contribution in [3.63, 3.8) is 0 Å². The molecular formula is C25H40N4O5. The van der Waals surface area contributed by atoms with E-state index in [4.69, 9.17) is 9.47 Å². The highest BCUT2D eigenvalue weighted by Crippen LogP contribution is 2.29. The van der Waals surface area contributed by atoms with E-state index in [1.165, 1.54) is 0 Å². The van der Waals surface area contributed by atoms with Crippen molar-refractivity contribution in [2.45, 2.75) is 38.8 Å². The molecule has 2 amide bonds. The van der Waals surface area contributed by atoms with Crippen molar-refractivity contribution in [1.29, 1.82) is 0 Å². The Morgan fingerprint density at radius 1 is 1.29 bits per heavy atom. The topological polar surface area (TPSA) is 94.6 Å². The Morgan fingerprint density at radius 3 is 2.71 bits per heavy atom. The van der Waals surface area contributed by atoms with Crippen molar-refractivity contribution in [1.82, 2.24) is 14.7 Å². The number of carbonyl (C=O) groups is 2. The zero-order valence-corrected chi connectivity index (χ0v) is 21.0. The Morgan fingerprint density at radius 2 is 2.03 bits per heavy atom. The first-order valence-electron chi connectivity index (χ1n) is 12.2. The summed E-state index contributed by atoms with van der Waals surface area (Å²) in [5, 5.41) is 12.7. The lowest BCUT2D eigenvalue weighted by atomic mass is 10.0. The van der Waals surface area contributed by atoms with E-state index in [-0.39, 0.29) is 42.9 Å². The molecule has 2 heterocycles. The minimum atomic E-state index is -0.278. The van der Waals surface area contributed by atoms with Crippen LogP contribution in [0, 0.1) is 5.92 Å². The van der Waals surface area contributed by atoms with Gasteiger partial charge in [-0.2, -0.15) is 0 Å². The lowest BCUT2D eigenvalue weighted by Gasteiger charge is -2.33. The van der Waals surface area contributed by atoms with Gasteiger partial charge in [0.15, 0.2) is 0 Å². The highest BCUT2D eigenvalue weighted by atomic mass is 16.5. The molecule has 3 atom stereocenters. The molecule has 0 saturated carbocycles. The maximum absolute atomic E-state index is 13.2. The number of anilines is 1. The maximum Gasteiger partial charge on any atom is 0.227 e. The van der Waals surface area contributed by atoms with Gasteiger partial charge in [-0.05, 0) is 39.2 Å². The number of nitrogens with zero attached hydrogens (tertiary/aromatic N) is 3. The van der Waals surface area contributed by atoms with Gasteiger partial charge in [-0.1, -0.05) is 6.92 Å². The Balaban J connectivity index is 1.76. The van der Waals surface area contributed by atoms with Crippen molar-refractivity contribution in [2.24, 2.45) is 5.92 Å². The number of benzene rings is 1. The second-order valence-corrected chi connectivity index (χ2v) is 9.72. The average Bonchev–Trinajstić information content (AvgIpc) is 2.85. The average molecular weight is 477 g/mol. The minimum Gasteiger partial charge on any atom is -0.488 e. The van der Waals surface area contributed by atoms with Gasteiger partial charge in [0, 0.05) is 56.3 Å². The third-order valence-electron chi connectivity index (χ3n) is 6.50. The highest BCUT2D eigenvalue weighted by molar-refractivity contribution is 5.91. The molecule has 190 valence electrons. The molecule has 0 radical (unpaired) electrons. The van der Waals surface area contributed by atoms with Gasteiger partial charge in [0.25, 0.3) is 0 Å². The Hall–Kier alpha value is -2.20. The van der Waals surface area contributed by atoms with Crippen LogP contribution >= 0.6 is 0 Å². The van der Waals surface area contributed by atoms with Crippen LogP contribution < -0.4 is 10.1 Å². The van der Waals surface area contributed by atoms with Gasteiger partial charge in [0.05, 0.1) is 32.3 Å². The fourth-order valence-electron chi connectivity index (χ4n) is 4.39. The molecule has 3 rings (SSSR count). The first-order chi connectivity index (χ1) is 16.3. The Labute approximate surface area is 203 Å². The molecule has 9 heteroatoms. The van der Waals surface area contributed by atoms with Crippen molar-refractivity contribution in [3.8, 4) is 5.75 Å². The zero-order chi connectivity index (χ0) is 24.7.